The van der Waals surface area contributed by atoms with E-state index in [1.54, 1.807) is 42.7 Å². The first-order valence-electron chi connectivity index (χ1n) is 11.7. The number of hydrogen-bond donors (Lipinski definition) is 0. The highest BCUT2D eigenvalue weighted by Gasteiger charge is 2.31. The lowest BCUT2D eigenvalue weighted by Crippen LogP contribution is -2.30. The molecule has 0 amide bonds. The summed E-state index contributed by atoms with van der Waals surface area (Å²) in [6.07, 6.45) is -1.43. The zero-order chi connectivity index (χ0) is 28.3. The Morgan fingerprint density at radius 1 is 1.12 bits per heavy atom. The molecule has 0 radical (unpaired) electrons. The van der Waals surface area contributed by atoms with Crippen LogP contribution in [0.25, 0.3) is 5.82 Å². The van der Waals surface area contributed by atoms with Gasteiger partial charge in [0, 0.05) is 11.9 Å². The van der Waals surface area contributed by atoms with E-state index in [1.165, 1.54) is 22.5 Å². The zero-order valence-corrected chi connectivity index (χ0v) is 22.4. The van der Waals surface area contributed by atoms with Crippen LogP contribution in [0.4, 0.5) is 18.9 Å². The van der Waals surface area contributed by atoms with Crippen molar-refractivity contribution in [3.8, 4) is 17.6 Å². The third kappa shape index (κ3) is 5.83. The number of thioether (sulfide) groups is 2. The third-order valence-corrected chi connectivity index (χ3v) is 8.08. The van der Waals surface area contributed by atoms with Crippen LogP contribution in [-0.4, -0.2) is 26.3 Å². The Balaban J connectivity index is 1.48. The lowest BCUT2D eigenvalue weighted by Gasteiger charge is -2.26. The predicted molar refractivity (Wildman–Crippen MR) is 148 cm³/mol. The molecule has 1 aliphatic heterocycles. The molecule has 3 heterocycles. The van der Waals surface area contributed by atoms with E-state index in [0.29, 0.717) is 38.6 Å². The summed E-state index contributed by atoms with van der Waals surface area (Å²) in [5, 5.41) is 20.1. The number of pyridine rings is 1. The maximum atomic E-state index is 13.5. The zero-order valence-electron chi connectivity index (χ0n) is 20.8. The van der Waals surface area contributed by atoms with Gasteiger partial charge in [-0.3, -0.25) is 9.80 Å². The minimum absolute atomic E-state index is 0.0686. The van der Waals surface area contributed by atoms with Crippen LogP contribution < -0.4 is 15.3 Å². The van der Waals surface area contributed by atoms with Gasteiger partial charge in [-0.25, -0.2) is 4.98 Å². The smallest absolute Gasteiger partial charge is 0.416 e. The Hall–Kier alpha value is -4.28. The summed E-state index contributed by atoms with van der Waals surface area (Å²) < 4.78 is 46.3. The van der Waals surface area contributed by atoms with Crippen LogP contribution in [0.5, 0.6) is 5.75 Å². The van der Waals surface area contributed by atoms with Gasteiger partial charge in [0.2, 0.25) is 0 Å². The molecule has 4 aromatic rings. The Bertz CT molecular complexity index is 1670. The number of fused-ring (bicyclic) bond motifs is 1. The van der Waals surface area contributed by atoms with Gasteiger partial charge in [0.25, 0.3) is 5.56 Å². The number of hydrogen-bond acceptors (Lipinski definition) is 9. The first kappa shape index (κ1) is 27.3. The highest BCUT2D eigenvalue weighted by molar-refractivity contribution is 8.38. The van der Waals surface area contributed by atoms with Crippen molar-refractivity contribution in [1.82, 2.24) is 14.8 Å². The topological polar surface area (TPSA) is 96.4 Å². The quantitative estimate of drug-likeness (QED) is 0.281. The fourth-order valence-corrected chi connectivity index (χ4v) is 5.92. The van der Waals surface area contributed by atoms with Gasteiger partial charge in [-0.1, -0.05) is 47.8 Å². The second kappa shape index (κ2) is 11.4. The van der Waals surface area contributed by atoms with Crippen molar-refractivity contribution in [2.24, 2.45) is 5.10 Å². The average Bonchev–Trinajstić information content (AvgIpc) is 2.97. The minimum atomic E-state index is -4.55. The largest absolute Gasteiger partial charge is 0.497 e. The molecule has 0 spiro atoms. The number of halogens is 3. The molecule has 0 saturated heterocycles. The van der Waals surface area contributed by atoms with E-state index < -0.39 is 11.7 Å². The van der Waals surface area contributed by atoms with Crippen LogP contribution in [0, 0.1) is 11.3 Å². The van der Waals surface area contributed by atoms with Gasteiger partial charge < -0.3 is 4.74 Å². The fourth-order valence-electron chi connectivity index (χ4n) is 3.82. The summed E-state index contributed by atoms with van der Waals surface area (Å²) in [5.41, 5.74) is 0.494. The molecular weight excluding hydrogens is 561 g/mol. The van der Waals surface area contributed by atoms with E-state index in [2.05, 4.69) is 10.1 Å². The highest BCUT2D eigenvalue weighted by Crippen LogP contribution is 2.39. The number of anilines is 1. The monoisotopic (exact) mass is 580 g/mol. The third-order valence-electron chi connectivity index (χ3n) is 5.85. The maximum Gasteiger partial charge on any atom is 0.416 e. The Morgan fingerprint density at radius 3 is 2.60 bits per heavy atom. The Labute approximate surface area is 235 Å². The Kier molecular flexibility index (Phi) is 7.81. The van der Waals surface area contributed by atoms with Crippen LogP contribution in [0.1, 0.15) is 22.3 Å². The summed E-state index contributed by atoms with van der Waals surface area (Å²) in [6.45, 7) is 0.320. The number of aromatic nitrogens is 3. The van der Waals surface area contributed by atoms with Crippen LogP contribution in [0.3, 0.4) is 0 Å². The fraction of sp³-hybridized carbons (Fsp3) is 0.148. The van der Waals surface area contributed by atoms with Crippen molar-refractivity contribution in [1.29, 1.82) is 5.26 Å². The van der Waals surface area contributed by atoms with Crippen molar-refractivity contribution in [3.05, 3.63) is 106 Å². The lowest BCUT2D eigenvalue weighted by molar-refractivity contribution is -0.137. The first-order valence-corrected chi connectivity index (χ1v) is 13.5. The number of benzene rings is 2. The van der Waals surface area contributed by atoms with Crippen molar-refractivity contribution in [2.45, 2.75) is 23.4 Å². The second-order valence-electron chi connectivity index (χ2n) is 8.41. The summed E-state index contributed by atoms with van der Waals surface area (Å²) in [7, 11) is 1.58. The number of methoxy groups -OCH3 is 1. The molecule has 0 N–H and O–H groups in total. The van der Waals surface area contributed by atoms with E-state index in [4.69, 9.17) is 9.84 Å². The van der Waals surface area contributed by atoms with E-state index in [-0.39, 0.29) is 16.9 Å². The number of hydrazone groups is 1. The molecule has 0 bridgehead atoms. The van der Waals surface area contributed by atoms with Gasteiger partial charge in [0.15, 0.2) is 10.2 Å². The van der Waals surface area contributed by atoms with Gasteiger partial charge in [-0.05, 0) is 47.5 Å². The van der Waals surface area contributed by atoms with Crippen LogP contribution in [0.2, 0.25) is 0 Å². The maximum absolute atomic E-state index is 13.5. The number of nitriles is 1. The van der Waals surface area contributed by atoms with Crippen molar-refractivity contribution < 1.29 is 17.9 Å². The lowest BCUT2D eigenvalue weighted by atomic mass is 10.1. The van der Waals surface area contributed by atoms with Crippen LogP contribution in [-0.2, 0) is 18.5 Å². The molecule has 202 valence electrons. The van der Waals surface area contributed by atoms with Gasteiger partial charge in [0.05, 0.1) is 42.7 Å². The summed E-state index contributed by atoms with van der Waals surface area (Å²) >= 11 is 2.36. The van der Waals surface area contributed by atoms with E-state index >= 15 is 0 Å². The molecule has 5 rings (SSSR count). The highest BCUT2D eigenvalue weighted by atomic mass is 32.2. The normalized spacial score (nSPS) is 12.9. The van der Waals surface area contributed by atoms with E-state index in [9.17, 15) is 23.2 Å². The van der Waals surface area contributed by atoms with E-state index in [0.717, 1.165) is 29.5 Å². The number of ether oxygens (including phenoxy) is 1. The first-order chi connectivity index (χ1) is 19.3. The molecule has 2 aromatic carbocycles. The van der Waals surface area contributed by atoms with Gasteiger partial charge in [-0.2, -0.15) is 33.3 Å². The molecule has 8 nitrogen and oxygen atoms in total. The summed E-state index contributed by atoms with van der Waals surface area (Å²) in [6, 6.07) is 17.5. The molecule has 0 saturated carbocycles. The van der Waals surface area contributed by atoms with Crippen LogP contribution in [0.15, 0.2) is 87.8 Å². The molecule has 2 aromatic heterocycles. The van der Waals surface area contributed by atoms with Crippen molar-refractivity contribution in [2.75, 3.05) is 12.1 Å². The van der Waals surface area contributed by atoms with Crippen molar-refractivity contribution >= 4 is 33.6 Å². The molecule has 0 aliphatic carbocycles. The number of nitrogens with zero attached hydrogens (tertiary/aromatic N) is 6. The van der Waals surface area contributed by atoms with Gasteiger partial charge >= 0.3 is 6.18 Å². The molecule has 40 heavy (non-hydrogen) atoms. The predicted octanol–water partition coefficient (Wildman–Crippen LogP) is 5.84. The van der Waals surface area contributed by atoms with Gasteiger partial charge in [-0.15, -0.1) is 0 Å². The Morgan fingerprint density at radius 2 is 1.93 bits per heavy atom. The molecule has 0 atom stereocenters. The van der Waals surface area contributed by atoms with E-state index in [1.807, 2.05) is 30.3 Å². The van der Waals surface area contributed by atoms with Crippen LogP contribution >= 0.6 is 23.5 Å². The second-order valence-corrected chi connectivity index (χ2v) is 10.6. The molecular formula is C27H19F3N6O2S2. The molecule has 13 heteroatoms. The number of alkyl halides is 3. The number of rotatable bonds is 6. The summed E-state index contributed by atoms with van der Waals surface area (Å²) in [5.74, 6) is 1.23. The molecule has 1 aliphatic rings. The SMILES string of the molecule is COc1ccc(CN2N=C(SCc3ccc(C(F)(F)F)cc3C#N)Sc3c2cnn(-c2ccccn2)c3=O)cc1. The molecule has 0 fully saturated rings. The average molecular weight is 581 g/mol. The minimum Gasteiger partial charge on any atom is -0.497 e. The van der Waals surface area contributed by atoms with Crippen molar-refractivity contribution in [3.63, 3.8) is 0 Å². The van der Waals surface area contributed by atoms with Gasteiger partial charge in [0.1, 0.15) is 10.6 Å². The standard InChI is InChI=1S/C27H19F3N6O2S2/c1-38-21-9-5-17(6-10-21)15-35-22-14-33-36(23-4-2-3-11-32-23)25(37)24(22)40-26(34-35)39-16-18-7-8-20(27(28,29)30)12-19(18)13-31/h2-12,14H,15-16H2,1H3. The summed E-state index contributed by atoms with van der Waals surface area (Å²) in [4.78, 5) is 18.1. The molecule has 0 unspecified atom stereocenters.